The summed E-state index contributed by atoms with van der Waals surface area (Å²) in [6.07, 6.45) is 12.8. The van der Waals surface area contributed by atoms with E-state index in [1.54, 1.807) is 0 Å². The van der Waals surface area contributed by atoms with Crippen LogP contribution in [0.2, 0.25) is 0 Å². The molecule has 0 bridgehead atoms. The molecule has 4 heterocycles. The van der Waals surface area contributed by atoms with Crippen LogP contribution in [0.15, 0.2) is 31.0 Å². The van der Waals surface area contributed by atoms with Crippen molar-refractivity contribution >= 4 is 0 Å². The third-order valence-corrected chi connectivity index (χ3v) is 6.57. The first-order valence-corrected chi connectivity index (χ1v) is 10.9. The SMILES string of the molecule is CC(C)(C)c1cn(C2CCC(CC(C)(C)c3ccn(CC4CNC4)c3)N2)cn1. The van der Waals surface area contributed by atoms with Crippen LogP contribution < -0.4 is 10.6 Å². The molecule has 0 saturated carbocycles. The third-order valence-electron chi connectivity index (χ3n) is 6.57. The maximum Gasteiger partial charge on any atom is 0.0962 e. The Morgan fingerprint density at radius 2 is 1.89 bits per heavy atom. The first kappa shape index (κ1) is 19.7. The molecule has 0 spiro atoms. The molecule has 154 valence electrons. The van der Waals surface area contributed by atoms with Gasteiger partial charge in [-0.25, -0.2) is 4.98 Å². The van der Waals surface area contributed by atoms with Crippen molar-refractivity contribution in [3.05, 3.63) is 42.2 Å². The van der Waals surface area contributed by atoms with E-state index >= 15 is 0 Å². The summed E-state index contributed by atoms with van der Waals surface area (Å²) in [4.78, 5) is 4.63. The summed E-state index contributed by atoms with van der Waals surface area (Å²) in [6, 6.07) is 2.88. The number of aromatic nitrogens is 3. The molecule has 2 aliphatic rings. The Labute approximate surface area is 169 Å². The van der Waals surface area contributed by atoms with Crippen molar-refractivity contribution in [2.75, 3.05) is 13.1 Å². The van der Waals surface area contributed by atoms with Crippen LogP contribution in [0.4, 0.5) is 0 Å². The van der Waals surface area contributed by atoms with E-state index in [1.807, 2.05) is 6.33 Å². The van der Waals surface area contributed by atoms with Crippen LogP contribution in [0.1, 0.15) is 71.3 Å². The minimum Gasteiger partial charge on any atom is -0.354 e. The zero-order valence-electron chi connectivity index (χ0n) is 18.2. The van der Waals surface area contributed by atoms with E-state index in [4.69, 9.17) is 0 Å². The molecule has 2 aromatic heterocycles. The largest absolute Gasteiger partial charge is 0.354 e. The molecule has 0 amide bonds. The number of nitrogens with one attached hydrogen (secondary N) is 2. The standard InChI is InChI=1S/C23H37N5/c1-22(2,3)20-15-28(16-25-20)21-7-6-19(26-21)10-23(4,5)18-8-9-27(14-18)13-17-11-24-12-17/h8-9,14-17,19,21,24,26H,6-7,10-13H2,1-5H3. The average Bonchev–Trinajstić information content (AvgIpc) is 3.29. The quantitative estimate of drug-likeness (QED) is 0.797. The van der Waals surface area contributed by atoms with Gasteiger partial charge in [0.1, 0.15) is 0 Å². The van der Waals surface area contributed by atoms with Gasteiger partial charge < -0.3 is 14.5 Å². The van der Waals surface area contributed by atoms with Gasteiger partial charge in [-0.3, -0.25) is 5.32 Å². The maximum absolute atomic E-state index is 4.63. The normalized spacial score (nSPS) is 23.9. The van der Waals surface area contributed by atoms with E-state index in [2.05, 4.69) is 84.0 Å². The Kier molecular flexibility index (Phi) is 5.17. The lowest BCUT2D eigenvalue weighted by molar-refractivity contribution is 0.306. The Hall–Kier alpha value is -1.59. The van der Waals surface area contributed by atoms with Crippen LogP contribution >= 0.6 is 0 Å². The highest BCUT2D eigenvalue weighted by Crippen LogP contribution is 2.34. The predicted octanol–water partition coefficient (Wildman–Crippen LogP) is 3.82. The molecule has 5 heteroatoms. The Bertz CT molecular complexity index is 790. The molecule has 0 aliphatic carbocycles. The van der Waals surface area contributed by atoms with E-state index < -0.39 is 0 Å². The van der Waals surface area contributed by atoms with Crippen molar-refractivity contribution in [1.29, 1.82) is 0 Å². The van der Waals surface area contributed by atoms with Gasteiger partial charge in [0.15, 0.2) is 0 Å². The van der Waals surface area contributed by atoms with Gasteiger partial charge in [-0.05, 0) is 36.3 Å². The highest BCUT2D eigenvalue weighted by Gasteiger charge is 2.32. The summed E-state index contributed by atoms with van der Waals surface area (Å²) >= 11 is 0. The molecule has 2 fully saturated rings. The third kappa shape index (κ3) is 4.20. The second-order valence-electron chi connectivity index (χ2n) is 10.6. The molecule has 0 aromatic carbocycles. The van der Waals surface area contributed by atoms with E-state index in [-0.39, 0.29) is 10.8 Å². The van der Waals surface area contributed by atoms with Crippen LogP contribution in [0.5, 0.6) is 0 Å². The van der Waals surface area contributed by atoms with Gasteiger partial charge in [0, 0.05) is 55.6 Å². The van der Waals surface area contributed by atoms with Gasteiger partial charge in [0.25, 0.3) is 0 Å². The van der Waals surface area contributed by atoms with Crippen LogP contribution in [-0.2, 0) is 17.4 Å². The lowest BCUT2D eigenvalue weighted by atomic mass is 9.80. The average molecular weight is 384 g/mol. The monoisotopic (exact) mass is 383 g/mol. The second kappa shape index (κ2) is 7.34. The number of nitrogens with zero attached hydrogens (tertiary/aromatic N) is 3. The van der Waals surface area contributed by atoms with Crippen LogP contribution in [0, 0.1) is 5.92 Å². The molecule has 2 N–H and O–H groups in total. The van der Waals surface area contributed by atoms with Crippen molar-refractivity contribution in [2.45, 2.75) is 83.5 Å². The van der Waals surface area contributed by atoms with Gasteiger partial charge in [-0.2, -0.15) is 0 Å². The topological polar surface area (TPSA) is 46.8 Å². The predicted molar refractivity (Wildman–Crippen MR) is 115 cm³/mol. The first-order valence-electron chi connectivity index (χ1n) is 10.9. The first-order chi connectivity index (χ1) is 13.2. The fourth-order valence-corrected chi connectivity index (χ4v) is 4.55. The fraction of sp³-hybridized carbons (Fsp3) is 0.696. The zero-order valence-corrected chi connectivity index (χ0v) is 18.2. The molecule has 2 aromatic rings. The minimum absolute atomic E-state index is 0.105. The van der Waals surface area contributed by atoms with Crippen molar-refractivity contribution in [2.24, 2.45) is 5.92 Å². The van der Waals surface area contributed by atoms with Gasteiger partial charge in [-0.15, -0.1) is 0 Å². The molecule has 4 rings (SSSR count). The minimum atomic E-state index is 0.105. The van der Waals surface area contributed by atoms with Crippen molar-refractivity contribution in [3.8, 4) is 0 Å². The molecule has 2 aliphatic heterocycles. The number of rotatable bonds is 6. The highest BCUT2D eigenvalue weighted by molar-refractivity contribution is 5.21. The van der Waals surface area contributed by atoms with Gasteiger partial charge in [0.05, 0.1) is 18.2 Å². The molecule has 5 nitrogen and oxygen atoms in total. The summed E-state index contributed by atoms with van der Waals surface area (Å²) in [5.41, 5.74) is 2.92. The van der Waals surface area contributed by atoms with Gasteiger partial charge in [0.2, 0.25) is 0 Å². The summed E-state index contributed by atoms with van der Waals surface area (Å²) < 4.78 is 4.66. The molecule has 2 saturated heterocycles. The summed E-state index contributed by atoms with van der Waals surface area (Å²) in [5, 5.41) is 7.23. The lowest BCUT2D eigenvalue weighted by Crippen LogP contribution is -2.44. The number of hydrogen-bond donors (Lipinski definition) is 2. The number of hydrogen-bond acceptors (Lipinski definition) is 3. The molecular weight excluding hydrogens is 346 g/mol. The van der Waals surface area contributed by atoms with Crippen LogP contribution in [-0.4, -0.2) is 33.2 Å². The van der Waals surface area contributed by atoms with E-state index in [0.29, 0.717) is 12.2 Å². The smallest absolute Gasteiger partial charge is 0.0962 e. The van der Waals surface area contributed by atoms with E-state index in [0.717, 1.165) is 25.6 Å². The zero-order chi connectivity index (χ0) is 19.9. The Morgan fingerprint density at radius 1 is 1.11 bits per heavy atom. The lowest BCUT2D eigenvalue weighted by Gasteiger charge is -2.29. The fourth-order valence-electron chi connectivity index (χ4n) is 4.55. The maximum atomic E-state index is 4.63. The van der Waals surface area contributed by atoms with Crippen molar-refractivity contribution < 1.29 is 0 Å². The summed E-state index contributed by atoms with van der Waals surface area (Å²) in [5.74, 6) is 0.800. The molecule has 2 atom stereocenters. The summed E-state index contributed by atoms with van der Waals surface area (Å²) in [6.45, 7) is 14.9. The van der Waals surface area contributed by atoms with Gasteiger partial charge in [-0.1, -0.05) is 34.6 Å². The van der Waals surface area contributed by atoms with Crippen molar-refractivity contribution in [1.82, 2.24) is 24.8 Å². The summed E-state index contributed by atoms with van der Waals surface area (Å²) in [7, 11) is 0. The van der Waals surface area contributed by atoms with E-state index in [1.165, 1.54) is 30.5 Å². The van der Waals surface area contributed by atoms with Gasteiger partial charge >= 0.3 is 0 Å². The van der Waals surface area contributed by atoms with Crippen molar-refractivity contribution in [3.63, 3.8) is 0 Å². The number of imidazole rings is 1. The van der Waals surface area contributed by atoms with Crippen LogP contribution in [0.3, 0.4) is 0 Å². The van der Waals surface area contributed by atoms with E-state index in [9.17, 15) is 0 Å². The Balaban J connectivity index is 1.35. The highest BCUT2D eigenvalue weighted by atomic mass is 15.2. The molecular formula is C23H37N5. The molecule has 2 unspecified atom stereocenters. The van der Waals surface area contributed by atoms with Crippen LogP contribution in [0.25, 0.3) is 0 Å². The second-order valence-corrected chi connectivity index (χ2v) is 10.6. The Morgan fingerprint density at radius 3 is 2.54 bits per heavy atom. The molecule has 28 heavy (non-hydrogen) atoms. The molecule has 0 radical (unpaired) electrons.